The number of aliphatic hydroxyl groups is 1. The quantitative estimate of drug-likeness (QED) is 0.886. The van der Waals surface area contributed by atoms with Crippen LogP contribution in [0.15, 0.2) is 47.4 Å². The van der Waals surface area contributed by atoms with Crippen LogP contribution in [-0.4, -0.2) is 20.1 Å². The van der Waals surface area contributed by atoms with Crippen LogP contribution in [-0.2, 0) is 16.4 Å². The van der Waals surface area contributed by atoms with E-state index in [1.165, 1.54) is 12.1 Å². The minimum Gasteiger partial charge on any atom is -0.396 e. The summed E-state index contributed by atoms with van der Waals surface area (Å²) in [5.41, 5.74) is 1.17. The summed E-state index contributed by atoms with van der Waals surface area (Å²) in [5, 5.41) is 8.56. The van der Waals surface area contributed by atoms with Crippen molar-refractivity contribution in [2.24, 2.45) is 0 Å². The highest BCUT2D eigenvalue weighted by Crippen LogP contribution is 2.24. The molecular weight excluding hydrogens is 317 g/mol. The third-order valence-electron chi connectivity index (χ3n) is 2.81. The van der Waals surface area contributed by atoms with Gasteiger partial charge in [-0.15, -0.1) is 0 Å². The zero-order valence-corrected chi connectivity index (χ0v) is 12.5. The van der Waals surface area contributed by atoms with Gasteiger partial charge in [0.25, 0.3) is 10.0 Å². The van der Waals surface area contributed by atoms with Crippen LogP contribution in [0.2, 0.25) is 5.02 Å². The summed E-state index contributed by atoms with van der Waals surface area (Å²) in [7, 11) is -4.05. The van der Waals surface area contributed by atoms with Crippen molar-refractivity contribution in [3.8, 4) is 0 Å². The van der Waals surface area contributed by atoms with E-state index in [-0.39, 0.29) is 11.6 Å². The summed E-state index contributed by atoms with van der Waals surface area (Å²) >= 11 is 5.59. The number of anilines is 1. The molecule has 0 heterocycles. The van der Waals surface area contributed by atoms with E-state index in [1.807, 2.05) is 0 Å². The minimum atomic E-state index is -4.05. The maximum atomic E-state index is 13.8. The number of hydrogen-bond donors (Lipinski definition) is 2. The molecule has 0 bridgehead atoms. The van der Waals surface area contributed by atoms with E-state index >= 15 is 0 Å². The summed E-state index contributed by atoms with van der Waals surface area (Å²) < 4.78 is 40.3. The molecule has 0 saturated heterocycles. The fourth-order valence-corrected chi connectivity index (χ4v) is 3.16. The second kappa shape index (κ2) is 6.43. The lowest BCUT2D eigenvalue weighted by molar-refractivity contribution is 0.299. The van der Waals surface area contributed by atoms with Gasteiger partial charge in [-0.3, -0.25) is 4.72 Å². The summed E-state index contributed by atoms with van der Waals surface area (Å²) in [4.78, 5) is -0.505. The van der Waals surface area contributed by atoms with Crippen molar-refractivity contribution in [1.29, 1.82) is 0 Å². The van der Waals surface area contributed by atoms with Crippen LogP contribution in [0, 0.1) is 5.82 Å². The molecule has 0 radical (unpaired) electrons. The third kappa shape index (κ3) is 3.72. The standard InChI is InChI=1S/C14H13ClFNO3S/c15-12-2-1-3-13(14(12)16)21(19,20)17-11-6-4-10(5-7-11)8-9-18/h1-7,17-18H,8-9H2. The second-order valence-corrected chi connectivity index (χ2v) is 6.39. The molecule has 0 spiro atoms. The molecule has 0 aliphatic heterocycles. The van der Waals surface area contributed by atoms with Gasteiger partial charge in [-0.25, -0.2) is 12.8 Å². The zero-order chi connectivity index (χ0) is 15.5. The van der Waals surface area contributed by atoms with Gasteiger partial charge in [0.1, 0.15) is 4.90 Å². The van der Waals surface area contributed by atoms with Gasteiger partial charge in [-0.2, -0.15) is 0 Å². The maximum Gasteiger partial charge on any atom is 0.264 e. The van der Waals surface area contributed by atoms with E-state index < -0.39 is 20.7 Å². The van der Waals surface area contributed by atoms with Gasteiger partial charge in [-0.1, -0.05) is 29.8 Å². The van der Waals surface area contributed by atoms with Gasteiger partial charge in [0, 0.05) is 12.3 Å². The average molecular weight is 330 g/mol. The van der Waals surface area contributed by atoms with Crippen LogP contribution in [0.25, 0.3) is 0 Å². The number of aliphatic hydroxyl groups excluding tert-OH is 1. The van der Waals surface area contributed by atoms with Gasteiger partial charge in [-0.05, 0) is 36.2 Å². The minimum absolute atomic E-state index is 0.0127. The van der Waals surface area contributed by atoms with Crippen molar-refractivity contribution in [3.05, 3.63) is 58.9 Å². The molecule has 0 saturated carbocycles. The molecule has 7 heteroatoms. The van der Waals surface area contributed by atoms with Crippen molar-refractivity contribution in [2.75, 3.05) is 11.3 Å². The third-order valence-corrected chi connectivity index (χ3v) is 4.50. The summed E-state index contributed by atoms with van der Waals surface area (Å²) in [6.45, 7) is 0.0127. The van der Waals surface area contributed by atoms with Crippen LogP contribution < -0.4 is 4.72 Å². The van der Waals surface area contributed by atoms with Crippen LogP contribution >= 0.6 is 11.6 Å². The van der Waals surface area contributed by atoms with Crippen molar-refractivity contribution >= 4 is 27.3 Å². The molecule has 0 aromatic heterocycles. The molecule has 112 valence electrons. The highest BCUT2D eigenvalue weighted by molar-refractivity contribution is 7.92. The second-order valence-electron chi connectivity index (χ2n) is 4.33. The SMILES string of the molecule is O=S(=O)(Nc1ccc(CCO)cc1)c1cccc(Cl)c1F. The van der Waals surface area contributed by atoms with Crippen molar-refractivity contribution < 1.29 is 17.9 Å². The Morgan fingerprint density at radius 1 is 1.14 bits per heavy atom. The maximum absolute atomic E-state index is 13.8. The lowest BCUT2D eigenvalue weighted by Crippen LogP contribution is -2.14. The van der Waals surface area contributed by atoms with Crippen molar-refractivity contribution in [2.45, 2.75) is 11.3 Å². The lowest BCUT2D eigenvalue weighted by Gasteiger charge is -2.10. The number of benzene rings is 2. The molecular formula is C14H13ClFNO3S. The Labute approximate surface area is 127 Å². The normalized spacial score (nSPS) is 11.4. The fraction of sp³-hybridized carbons (Fsp3) is 0.143. The molecule has 4 nitrogen and oxygen atoms in total. The lowest BCUT2D eigenvalue weighted by atomic mass is 10.1. The Balaban J connectivity index is 2.27. The van der Waals surface area contributed by atoms with Gasteiger partial charge in [0.15, 0.2) is 5.82 Å². The van der Waals surface area contributed by atoms with E-state index in [2.05, 4.69) is 4.72 Å². The van der Waals surface area contributed by atoms with Gasteiger partial charge >= 0.3 is 0 Å². The van der Waals surface area contributed by atoms with E-state index in [4.69, 9.17) is 16.7 Å². The van der Waals surface area contributed by atoms with Crippen LogP contribution in [0.1, 0.15) is 5.56 Å². The number of nitrogens with one attached hydrogen (secondary N) is 1. The first-order valence-corrected chi connectivity index (χ1v) is 7.97. The van der Waals surface area contributed by atoms with E-state index in [9.17, 15) is 12.8 Å². The predicted octanol–water partition coefficient (Wildman–Crippen LogP) is 2.81. The van der Waals surface area contributed by atoms with Crippen molar-refractivity contribution in [3.63, 3.8) is 0 Å². The first kappa shape index (κ1) is 15.8. The Hall–Kier alpha value is -1.63. The molecule has 0 aliphatic rings. The smallest absolute Gasteiger partial charge is 0.264 e. The number of sulfonamides is 1. The molecule has 0 unspecified atom stereocenters. The topological polar surface area (TPSA) is 66.4 Å². The predicted molar refractivity (Wildman–Crippen MR) is 79.5 cm³/mol. The highest BCUT2D eigenvalue weighted by atomic mass is 35.5. The monoisotopic (exact) mass is 329 g/mol. The molecule has 21 heavy (non-hydrogen) atoms. The van der Waals surface area contributed by atoms with E-state index in [0.717, 1.165) is 11.6 Å². The van der Waals surface area contributed by atoms with Crippen molar-refractivity contribution in [1.82, 2.24) is 0 Å². The molecule has 2 N–H and O–H groups in total. The average Bonchev–Trinajstić information content (AvgIpc) is 2.44. The van der Waals surface area contributed by atoms with Gasteiger partial charge in [0.2, 0.25) is 0 Å². The molecule has 2 aromatic rings. The largest absolute Gasteiger partial charge is 0.396 e. The Morgan fingerprint density at radius 2 is 1.81 bits per heavy atom. The summed E-state index contributed by atoms with van der Waals surface area (Å²) in [6.07, 6.45) is 0.482. The molecule has 0 atom stereocenters. The molecule has 0 fully saturated rings. The van der Waals surface area contributed by atoms with Gasteiger partial charge < -0.3 is 5.11 Å². The van der Waals surface area contributed by atoms with E-state index in [0.29, 0.717) is 12.1 Å². The molecule has 2 rings (SSSR count). The zero-order valence-electron chi connectivity index (χ0n) is 10.9. The first-order chi connectivity index (χ1) is 9.94. The molecule has 0 amide bonds. The Morgan fingerprint density at radius 3 is 2.43 bits per heavy atom. The first-order valence-electron chi connectivity index (χ1n) is 6.10. The highest BCUT2D eigenvalue weighted by Gasteiger charge is 2.20. The Kier molecular flexibility index (Phi) is 4.82. The van der Waals surface area contributed by atoms with Crippen LogP contribution in [0.3, 0.4) is 0 Å². The van der Waals surface area contributed by atoms with Crippen LogP contribution in [0.4, 0.5) is 10.1 Å². The molecule has 2 aromatic carbocycles. The number of rotatable bonds is 5. The molecule has 0 aliphatic carbocycles. The number of halogens is 2. The summed E-state index contributed by atoms with van der Waals surface area (Å²) in [6, 6.07) is 10.2. The summed E-state index contributed by atoms with van der Waals surface area (Å²) in [5.74, 6) is -0.983. The van der Waals surface area contributed by atoms with Crippen LogP contribution in [0.5, 0.6) is 0 Å². The van der Waals surface area contributed by atoms with Gasteiger partial charge in [0.05, 0.1) is 5.02 Å². The Bertz CT molecular complexity index is 732. The van der Waals surface area contributed by atoms with E-state index in [1.54, 1.807) is 24.3 Å². The number of hydrogen-bond acceptors (Lipinski definition) is 3. The fourth-order valence-electron chi connectivity index (χ4n) is 1.77.